The van der Waals surface area contributed by atoms with Gasteiger partial charge in [0.15, 0.2) is 0 Å². The summed E-state index contributed by atoms with van der Waals surface area (Å²) in [7, 11) is -1.47. The van der Waals surface area contributed by atoms with Crippen LogP contribution in [-0.4, -0.2) is 62.7 Å². The first-order valence-corrected chi connectivity index (χ1v) is 14.6. The summed E-state index contributed by atoms with van der Waals surface area (Å²) in [5.41, 5.74) is 1.62. The lowest BCUT2D eigenvalue weighted by atomic mass is 10.0. The predicted octanol–water partition coefficient (Wildman–Crippen LogP) is 4.26. The first kappa shape index (κ1) is 31.1. The van der Waals surface area contributed by atoms with Gasteiger partial charge in [0.1, 0.15) is 18.4 Å². The van der Waals surface area contributed by atoms with Crippen LogP contribution in [0.1, 0.15) is 24.5 Å². The van der Waals surface area contributed by atoms with E-state index in [-0.39, 0.29) is 24.6 Å². The van der Waals surface area contributed by atoms with E-state index in [1.807, 2.05) is 37.3 Å². The first-order valence-electron chi connectivity index (χ1n) is 12.8. The SMILES string of the molecule is CCCNC(=O)[C@@H](Cc1ccccc1)N(Cc1cccc(Cl)c1)C(=O)CN(c1ccc(F)cc1)S(=O)(=O)N(C)C. The Morgan fingerprint density at radius 3 is 2.20 bits per heavy atom. The molecule has 8 nitrogen and oxygen atoms in total. The van der Waals surface area contributed by atoms with Gasteiger partial charge in [0, 0.05) is 38.6 Å². The van der Waals surface area contributed by atoms with E-state index < -0.39 is 34.5 Å². The van der Waals surface area contributed by atoms with Crippen LogP contribution in [0.4, 0.5) is 10.1 Å². The number of carbonyl (C=O) groups is 2. The monoisotopic (exact) mass is 588 g/mol. The summed E-state index contributed by atoms with van der Waals surface area (Å²) in [6.07, 6.45) is 0.908. The zero-order valence-corrected chi connectivity index (χ0v) is 24.3. The van der Waals surface area contributed by atoms with Crippen LogP contribution in [-0.2, 0) is 32.8 Å². The molecule has 3 rings (SSSR count). The number of hydrogen-bond donors (Lipinski definition) is 1. The minimum atomic E-state index is -4.16. The second-order valence-electron chi connectivity index (χ2n) is 9.42. The smallest absolute Gasteiger partial charge is 0.304 e. The van der Waals surface area contributed by atoms with Gasteiger partial charge < -0.3 is 10.2 Å². The Morgan fingerprint density at radius 1 is 0.950 bits per heavy atom. The molecule has 0 saturated carbocycles. The Bertz CT molecular complexity index is 1390. The van der Waals surface area contributed by atoms with Crippen molar-refractivity contribution in [2.45, 2.75) is 32.4 Å². The summed E-state index contributed by atoms with van der Waals surface area (Å²) in [5.74, 6) is -1.51. The highest BCUT2D eigenvalue weighted by atomic mass is 35.5. The Morgan fingerprint density at radius 2 is 1.60 bits per heavy atom. The Labute approximate surface area is 240 Å². The summed E-state index contributed by atoms with van der Waals surface area (Å²) in [5, 5.41) is 3.35. The van der Waals surface area contributed by atoms with E-state index >= 15 is 0 Å². The number of anilines is 1. The average molecular weight is 589 g/mol. The Kier molecular flexibility index (Phi) is 11.1. The molecule has 11 heteroatoms. The molecule has 0 saturated heterocycles. The van der Waals surface area contributed by atoms with Gasteiger partial charge in [-0.1, -0.05) is 61.0 Å². The van der Waals surface area contributed by atoms with Crippen molar-refractivity contribution >= 4 is 39.3 Å². The van der Waals surface area contributed by atoms with E-state index in [1.54, 1.807) is 24.3 Å². The van der Waals surface area contributed by atoms with Crippen molar-refractivity contribution in [1.82, 2.24) is 14.5 Å². The molecular weight excluding hydrogens is 555 g/mol. The lowest BCUT2D eigenvalue weighted by Crippen LogP contribution is -2.54. The maximum absolute atomic E-state index is 14.1. The summed E-state index contributed by atoms with van der Waals surface area (Å²) < 4.78 is 42.2. The molecule has 0 heterocycles. The molecule has 214 valence electrons. The van der Waals surface area contributed by atoms with E-state index in [2.05, 4.69) is 5.32 Å². The summed E-state index contributed by atoms with van der Waals surface area (Å²) in [4.78, 5) is 29.0. The summed E-state index contributed by atoms with van der Waals surface area (Å²) in [6, 6.07) is 20.1. The molecule has 40 heavy (non-hydrogen) atoms. The minimum Gasteiger partial charge on any atom is -0.354 e. The van der Waals surface area contributed by atoms with Gasteiger partial charge in [-0.3, -0.25) is 9.59 Å². The Hall–Kier alpha value is -3.47. The number of amides is 2. The number of hydrogen-bond acceptors (Lipinski definition) is 4. The second kappa shape index (κ2) is 14.2. The van der Waals surface area contributed by atoms with Crippen molar-refractivity contribution in [3.05, 3.63) is 101 Å². The van der Waals surface area contributed by atoms with Crippen LogP contribution in [0.3, 0.4) is 0 Å². The third-order valence-electron chi connectivity index (χ3n) is 6.20. The fourth-order valence-electron chi connectivity index (χ4n) is 4.08. The van der Waals surface area contributed by atoms with Gasteiger partial charge in [0.2, 0.25) is 11.8 Å². The van der Waals surface area contributed by atoms with Gasteiger partial charge in [-0.25, -0.2) is 8.70 Å². The van der Waals surface area contributed by atoms with E-state index in [0.717, 1.165) is 26.3 Å². The number of benzene rings is 3. The van der Waals surface area contributed by atoms with Crippen molar-refractivity contribution in [1.29, 1.82) is 0 Å². The standard InChI is InChI=1S/C29H34ClFN4O4S/c1-4-17-32-29(37)27(19-22-9-6-5-7-10-22)34(20-23-11-8-12-24(30)18-23)28(36)21-35(40(38,39)33(2)3)26-15-13-25(31)14-16-26/h5-16,18,27H,4,17,19-21H2,1-3H3,(H,32,37)/t27-/m1/s1. The molecule has 1 N–H and O–H groups in total. The molecule has 2 amide bonds. The van der Waals surface area contributed by atoms with Crippen LogP contribution in [0.25, 0.3) is 0 Å². The third-order valence-corrected chi connectivity index (χ3v) is 8.25. The van der Waals surface area contributed by atoms with E-state index in [0.29, 0.717) is 23.6 Å². The molecule has 0 fully saturated rings. The van der Waals surface area contributed by atoms with Crippen molar-refractivity contribution in [3.63, 3.8) is 0 Å². The topological polar surface area (TPSA) is 90.0 Å². The fraction of sp³-hybridized carbons (Fsp3) is 0.310. The highest BCUT2D eigenvalue weighted by Gasteiger charge is 2.34. The van der Waals surface area contributed by atoms with Gasteiger partial charge in [0.25, 0.3) is 0 Å². The maximum Gasteiger partial charge on any atom is 0.304 e. The summed E-state index contributed by atoms with van der Waals surface area (Å²) >= 11 is 6.21. The molecule has 0 spiro atoms. The van der Waals surface area contributed by atoms with E-state index in [9.17, 15) is 22.4 Å². The van der Waals surface area contributed by atoms with Crippen LogP contribution < -0.4 is 9.62 Å². The molecule has 0 radical (unpaired) electrons. The molecule has 0 aliphatic heterocycles. The molecular formula is C29H34ClFN4O4S. The minimum absolute atomic E-state index is 0.00963. The molecule has 1 atom stereocenters. The third kappa shape index (κ3) is 8.27. The largest absolute Gasteiger partial charge is 0.354 e. The fourth-order valence-corrected chi connectivity index (χ4v) is 5.35. The quantitative estimate of drug-likeness (QED) is 0.323. The first-order chi connectivity index (χ1) is 19.0. The zero-order chi connectivity index (χ0) is 29.3. The van der Waals surface area contributed by atoms with Crippen molar-refractivity contribution < 1.29 is 22.4 Å². The van der Waals surface area contributed by atoms with Crippen LogP contribution >= 0.6 is 11.6 Å². The lowest BCUT2D eigenvalue weighted by Gasteiger charge is -2.34. The number of halogens is 2. The number of rotatable bonds is 13. The lowest BCUT2D eigenvalue weighted by molar-refractivity contribution is -0.140. The van der Waals surface area contributed by atoms with Gasteiger partial charge in [-0.05, 0) is 53.9 Å². The van der Waals surface area contributed by atoms with Crippen molar-refractivity contribution in [2.24, 2.45) is 0 Å². The van der Waals surface area contributed by atoms with Crippen molar-refractivity contribution in [2.75, 3.05) is 31.5 Å². The number of carbonyl (C=O) groups excluding carboxylic acids is 2. The molecule has 0 aliphatic rings. The highest BCUT2D eigenvalue weighted by Crippen LogP contribution is 2.23. The van der Waals surface area contributed by atoms with Crippen molar-refractivity contribution in [3.8, 4) is 0 Å². The van der Waals surface area contributed by atoms with E-state index in [1.165, 1.54) is 31.1 Å². The van der Waals surface area contributed by atoms with E-state index in [4.69, 9.17) is 11.6 Å². The molecule has 0 aliphatic carbocycles. The van der Waals surface area contributed by atoms with Crippen LogP contribution in [0.15, 0.2) is 78.9 Å². The zero-order valence-electron chi connectivity index (χ0n) is 22.8. The number of nitrogens with zero attached hydrogens (tertiary/aromatic N) is 3. The second-order valence-corrected chi connectivity index (χ2v) is 11.9. The van der Waals surface area contributed by atoms with Gasteiger partial charge in [-0.15, -0.1) is 0 Å². The number of nitrogens with one attached hydrogen (secondary N) is 1. The summed E-state index contributed by atoms with van der Waals surface area (Å²) in [6.45, 7) is 1.74. The average Bonchev–Trinajstić information content (AvgIpc) is 2.93. The molecule has 0 unspecified atom stereocenters. The maximum atomic E-state index is 14.1. The van der Waals surface area contributed by atoms with Crippen LogP contribution in [0.5, 0.6) is 0 Å². The Balaban J connectivity index is 2.07. The molecule has 3 aromatic rings. The molecule has 3 aromatic carbocycles. The predicted molar refractivity (Wildman–Crippen MR) is 156 cm³/mol. The highest BCUT2D eigenvalue weighted by molar-refractivity contribution is 7.90. The van der Waals surface area contributed by atoms with Gasteiger partial charge >= 0.3 is 10.2 Å². The normalized spacial score (nSPS) is 12.2. The van der Waals surface area contributed by atoms with Crippen LogP contribution in [0.2, 0.25) is 5.02 Å². The van der Waals surface area contributed by atoms with Crippen LogP contribution in [0, 0.1) is 5.82 Å². The van der Waals surface area contributed by atoms with Gasteiger partial charge in [0.05, 0.1) is 5.69 Å². The molecule has 0 aromatic heterocycles. The molecule has 0 bridgehead atoms. The van der Waals surface area contributed by atoms with Gasteiger partial charge in [-0.2, -0.15) is 12.7 Å².